The molecule has 0 aliphatic carbocycles. The number of alkyl halides is 3. The number of nitro groups is 1. The quantitative estimate of drug-likeness (QED) is 0.326. The van der Waals surface area contributed by atoms with Gasteiger partial charge in [-0.15, -0.1) is 0 Å². The van der Waals surface area contributed by atoms with Crippen LogP contribution in [0.5, 0.6) is 0 Å². The highest BCUT2D eigenvalue weighted by molar-refractivity contribution is 8.00. The Morgan fingerprint density at radius 3 is 2.32 bits per heavy atom. The number of amides is 1. The van der Waals surface area contributed by atoms with Crippen LogP contribution >= 0.6 is 11.8 Å². The van der Waals surface area contributed by atoms with E-state index in [9.17, 15) is 32.9 Å². The van der Waals surface area contributed by atoms with Gasteiger partial charge in [-0.2, -0.15) is 13.2 Å². The molecule has 0 saturated heterocycles. The third kappa shape index (κ3) is 5.98. The van der Waals surface area contributed by atoms with Gasteiger partial charge in [0.25, 0.3) is 11.6 Å². The summed E-state index contributed by atoms with van der Waals surface area (Å²) >= 11 is -0.326. The second-order valence-electron chi connectivity index (χ2n) is 5.38. The minimum atomic E-state index is -4.45. The summed E-state index contributed by atoms with van der Waals surface area (Å²) in [4.78, 5) is 34.3. The molecule has 0 heterocycles. The van der Waals surface area contributed by atoms with Crippen LogP contribution in [0.1, 0.15) is 17.3 Å². The Morgan fingerprint density at radius 1 is 1.14 bits per heavy atom. The molecule has 0 aromatic heterocycles. The number of ether oxygens (including phenoxy) is 1. The summed E-state index contributed by atoms with van der Waals surface area (Å²) in [6.07, 6.45) is -1.29. The number of para-hydroxylation sites is 2. The molecule has 148 valence electrons. The zero-order valence-corrected chi connectivity index (χ0v) is 15.0. The fourth-order valence-corrected chi connectivity index (χ4v) is 2.59. The first-order valence-corrected chi connectivity index (χ1v) is 8.49. The first-order chi connectivity index (χ1) is 13.1. The van der Waals surface area contributed by atoms with Gasteiger partial charge in [0.1, 0.15) is 5.69 Å². The van der Waals surface area contributed by atoms with E-state index in [2.05, 4.69) is 5.32 Å². The lowest BCUT2D eigenvalue weighted by Gasteiger charge is -2.14. The number of nitrogens with zero attached hydrogens (tertiary/aromatic N) is 1. The fraction of sp³-hybridized carbons (Fsp3) is 0.176. The van der Waals surface area contributed by atoms with Crippen molar-refractivity contribution >= 4 is 35.0 Å². The van der Waals surface area contributed by atoms with Gasteiger partial charge in [0, 0.05) is 11.0 Å². The number of rotatable bonds is 6. The fourth-order valence-electron chi connectivity index (χ4n) is 2.05. The van der Waals surface area contributed by atoms with Gasteiger partial charge in [-0.3, -0.25) is 14.9 Å². The second-order valence-corrected chi connectivity index (χ2v) is 6.52. The number of nitrogens with one attached hydrogen (secondary N) is 1. The minimum absolute atomic E-state index is 0.0446. The lowest BCUT2D eigenvalue weighted by atomic mass is 10.2. The first kappa shape index (κ1) is 21.2. The molecule has 0 radical (unpaired) electrons. The van der Waals surface area contributed by atoms with Crippen LogP contribution in [0, 0.1) is 10.1 Å². The van der Waals surface area contributed by atoms with Crippen LogP contribution in [0.2, 0.25) is 0 Å². The van der Waals surface area contributed by atoms with Crippen molar-refractivity contribution in [3.63, 3.8) is 0 Å². The number of carbonyl (C=O) groups excluding carboxylic acids is 2. The molecule has 0 saturated carbocycles. The van der Waals surface area contributed by atoms with E-state index in [0.29, 0.717) is 0 Å². The maximum absolute atomic E-state index is 12.3. The number of nitro benzene ring substituents is 1. The molecular formula is C17H13F3N2O5S. The Hall–Kier alpha value is -3.08. The lowest BCUT2D eigenvalue weighted by Crippen LogP contribution is -2.30. The summed E-state index contributed by atoms with van der Waals surface area (Å²) < 4.78 is 41.9. The molecular weight excluding hydrogens is 401 g/mol. The van der Waals surface area contributed by atoms with Crippen LogP contribution in [0.15, 0.2) is 53.4 Å². The molecule has 0 fully saturated rings. The third-order valence-electron chi connectivity index (χ3n) is 3.34. The predicted molar refractivity (Wildman–Crippen MR) is 95.0 cm³/mol. The van der Waals surface area contributed by atoms with Crippen molar-refractivity contribution in [1.29, 1.82) is 0 Å². The molecule has 2 aromatic carbocycles. The van der Waals surface area contributed by atoms with E-state index < -0.39 is 28.4 Å². The number of esters is 1. The van der Waals surface area contributed by atoms with Crippen LogP contribution in [-0.4, -0.2) is 28.4 Å². The minimum Gasteiger partial charge on any atom is -0.449 e. The number of thioether (sulfide) groups is 1. The smallest absolute Gasteiger partial charge is 0.446 e. The maximum atomic E-state index is 12.3. The van der Waals surface area contributed by atoms with Crippen LogP contribution in [0.4, 0.5) is 24.5 Å². The summed E-state index contributed by atoms with van der Waals surface area (Å²) in [5.74, 6) is -1.72. The number of halogens is 3. The highest BCUT2D eigenvalue weighted by atomic mass is 32.2. The molecule has 2 aromatic rings. The summed E-state index contributed by atoms with van der Waals surface area (Å²) in [6.45, 7) is 1.26. The maximum Gasteiger partial charge on any atom is 0.446 e. The van der Waals surface area contributed by atoms with Crippen LogP contribution in [0.25, 0.3) is 0 Å². The van der Waals surface area contributed by atoms with Gasteiger partial charge in [-0.25, -0.2) is 4.79 Å². The van der Waals surface area contributed by atoms with Crippen molar-refractivity contribution in [1.82, 2.24) is 0 Å². The van der Waals surface area contributed by atoms with E-state index in [1.54, 1.807) is 0 Å². The average Bonchev–Trinajstić information content (AvgIpc) is 2.61. The molecule has 1 unspecified atom stereocenters. The van der Waals surface area contributed by atoms with Gasteiger partial charge in [0.05, 0.1) is 10.5 Å². The number of anilines is 1. The molecule has 11 heteroatoms. The number of carbonyl (C=O) groups is 2. The van der Waals surface area contributed by atoms with Crippen molar-refractivity contribution in [3.8, 4) is 0 Å². The molecule has 1 N–H and O–H groups in total. The molecule has 28 heavy (non-hydrogen) atoms. The number of hydrogen-bond acceptors (Lipinski definition) is 6. The third-order valence-corrected chi connectivity index (χ3v) is 4.07. The summed E-state index contributed by atoms with van der Waals surface area (Å²) in [6, 6.07) is 9.93. The Labute approximate surface area is 161 Å². The van der Waals surface area contributed by atoms with Crippen molar-refractivity contribution in [2.24, 2.45) is 0 Å². The van der Waals surface area contributed by atoms with E-state index >= 15 is 0 Å². The lowest BCUT2D eigenvalue weighted by molar-refractivity contribution is -0.383. The summed E-state index contributed by atoms with van der Waals surface area (Å²) in [5, 5.41) is 13.2. The van der Waals surface area contributed by atoms with Gasteiger partial charge in [0.15, 0.2) is 6.10 Å². The topological polar surface area (TPSA) is 98.5 Å². The number of benzene rings is 2. The number of hydrogen-bond donors (Lipinski definition) is 1. The summed E-state index contributed by atoms with van der Waals surface area (Å²) in [5.41, 5.74) is -4.88. The highest BCUT2D eigenvalue weighted by Gasteiger charge is 2.29. The first-order valence-electron chi connectivity index (χ1n) is 7.68. The second kappa shape index (κ2) is 8.74. The van der Waals surface area contributed by atoms with Gasteiger partial charge < -0.3 is 10.1 Å². The van der Waals surface area contributed by atoms with Gasteiger partial charge in [-0.1, -0.05) is 12.1 Å². The molecule has 0 spiro atoms. The highest BCUT2D eigenvalue weighted by Crippen LogP contribution is 2.36. The average molecular weight is 414 g/mol. The predicted octanol–water partition coefficient (Wildman–Crippen LogP) is 4.39. The largest absolute Gasteiger partial charge is 0.449 e. The van der Waals surface area contributed by atoms with Crippen molar-refractivity contribution in [2.75, 3.05) is 5.32 Å². The molecule has 1 atom stereocenters. The molecule has 0 bridgehead atoms. The Morgan fingerprint density at radius 2 is 1.75 bits per heavy atom. The monoisotopic (exact) mass is 414 g/mol. The standard InChI is InChI=1S/C17H13F3N2O5S/c1-10(15(23)21-13-4-2-3-5-14(13)22(25)26)27-16(24)11-6-8-12(9-7-11)28-17(18,19)20/h2-10H,1H3,(H,21,23). The van der Waals surface area contributed by atoms with Crippen LogP contribution < -0.4 is 5.32 Å². The molecule has 1 amide bonds. The zero-order valence-electron chi connectivity index (χ0n) is 14.2. The van der Waals surface area contributed by atoms with Crippen LogP contribution in [-0.2, 0) is 9.53 Å². The van der Waals surface area contributed by atoms with Crippen molar-refractivity contribution in [3.05, 3.63) is 64.2 Å². The molecule has 7 nitrogen and oxygen atoms in total. The normalized spacial score (nSPS) is 12.1. The van der Waals surface area contributed by atoms with E-state index in [1.807, 2.05) is 0 Å². The van der Waals surface area contributed by atoms with Crippen molar-refractivity contribution in [2.45, 2.75) is 23.4 Å². The van der Waals surface area contributed by atoms with Crippen molar-refractivity contribution < 1.29 is 32.4 Å². The van der Waals surface area contributed by atoms with Gasteiger partial charge in [0.2, 0.25) is 0 Å². The molecule has 2 rings (SSSR count). The van der Waals surface area contributed by atoms with E-state index in [0.717, 1.165) is 24.3 Å². The van der Waals surface area contributed by atoms with Gasteiger partial charge >= 0.3 is 11.5 Å². The Kier molecular flexibility index (Phi) is 6.62. The SMILES string of the molecule is CC(OC(=O)c1ccc(SC(F)(F)F)cc1)C(=O)Nc1ccccc1[N+](=O)[O-]. The zero-order chi connectivity index (χ0) is 20.9. The van der Waals surface area contributed by atoms with E-state index in [1.165, 1.54) is 31.2 Å². The Bertz CT molecular complexity index is 887. The molecule has 0 aliphatic heterocycles. The Balaban J connectivity index is 2.00. The van der Waals surface area contributed by atoms with E-state index in [-0.39, 0.29) is 33.6 Å². The molecule has 0 aliphatic rings. The summed E-state index contributed by atoms with van der Waals surface area (Å²) in [7, 11) is 0. The van der Waals surface area contributed by atoms with Crippen LogP contribution in [0.3, 0.4) is 0 Å². The van der Waals surface area contributed by atoms with E-state index in [4.69, 9.17) is 4.74 Å². The van der Waals surface area contributed by atoms with Gasteiger partial charge in [-0.05, 0) is 49.0 Å².